The molecule has 2 heterocycles. The quantitative estimate of drug-likeness (QED) is 0.358. The fourth-order valence-electron chi connectivity index (χ4n) is 4.05. The molecule has 33 heavy (non-hydrogen) atoms. The maximum atomic E-state index is 13.3. The molecule has 4 rings (SSSR count). The van der Waals surface area contributed by atoms with E-state index in [-0.39, 0.29) is 16.9 Å². The maximum Gasteiger partial charge on any atom is 0.300 e. The SMILES string of the molecule is COc1ccc(/C(O)=C2/C(=O)C(=O)N(c3cc(C)ccc3C)C2c2cccnc2)c(OC)c1. The molecule has 0 radical (unpaired) electrons. The summed E-state index contributed by atoms with van der Waals surface area (Å²) >= 11 is 0. The third-order valence-electron chi connectivity index (χ3n) is 5.73. The van der Waals surface area contributed by atoms with Crippen molar-refractivity contribution in [2.75, 3.05) is 19.1 Å². The Morgan fingerprint density at radius 2 is 1.82 bits per heavy atom. The predicted octanol–water partition coefficient (Wildman–Crippen LogP) is 4.34. The maximum absolute atomic E-state index is 13.3. The number of benzene rings is 2. The van der Waals surface area contributed by atoms with Gasteiger partial charge in [0.05, 0.1) is 31.4 Å². The Hall–Kier alpha value is -4.13. The Labute approximate surface area is 191 Å². The van der Waals surface area contributed by atoms with Crippen molar-refractivity contribution < 1.29 is 24.2 Å². The number of aryl methyl sites for hydroxylation is 2. The number of pyridine rings is 1. The Morgan fingerprint density at radius 3 is 2.48 bits per heavy atom. The van der Waals surface area contributed by atoms with Crippen LogP contribution in [0.2, 0.25) is 0 Å². The first-order valence-corrected chi connectivity index (χ1v) is 10.4. The van der Waals surface area contributed by atoms with Gasteiger partial charge in [0.25, 0.3) is 11.7 Å². The summed E-state index contributed by atoms with van der Waals surface area (Å²) in [6.07, 6.45) is 3.20. The van der Waals surface area contributed by atoms with Crippen molar-refractivity contribution in [3.8, 4) is 11.5 Å². The van der Waals surface area contributed by atoms with Crippen molar-refractivity contribution in [1.82, 2.24) is 4.98 Å². The lowest BCUT2D eigenvalue weighted by molar-refractivity contribution is -0.132. The average Bonchev–Trinajstić information content (AvgIpc) is 3.10. The molecule has 0 bridgehead atoms. The van der Waals surface area contributed by atoms with Crippen LogP contribution < -0.4 is 14.4 Å². The van der Waals surface area contributed by atoms with Gasteiger partial charge in [-0.05, 0) is 54.8 Å². The molecule has 1 saturated heterocycles. The molecule has 0 saturated carbocycles. The highest BCUT2D eigenvalue weighted by Crippen LogP contribution is 2.44. The van der Waals surface area contributed by atoms with Crippen LogP contribution in [0.1, 0.15) is 28.3 Å². The minimum Gasteiger partial charge on any atom is -0.507 e. The number of aromatic nitrogens is 1. The van der Waals surface area contributed by atoms with Crippen molar-refractivity contribution >= 4 is 23.1 Å². The molecule has 2 aromatic carbocycles. The smallest absolute Gasteiger partial charge is 0.300 e. The monoisotopic (exact) mass is 444 g/mol. The van der Waals surface area contributed by atoms with Gasteiger partial charge in [0.15, 0.2) is 0 Å². The molecule has 1 unspecified atom stereocenters. The zero-order valence-electron chi connectivity index (χ0n) is 18.8. The molecule has 7 heteroatoms. The average molecular weight is 444 g/mol. The number of aliphatic hydroxyl groups excluding tert-OH is 1. The lowest BCUT2D eigenvalue weighted by Crippen LogP contribution is -2.30. The number of ether oxygens (including phenoxy) is 2. The molecule has 168 valence electrons. The molecule has 3 aromatic rings. The fraction of sp³-hybridized carbons (Fsp3) is 0.192. The highest BCUT2D eigenvalue weighted by molar-refractivity contribution is 6.51. The van der Waals surface area contributed by atoms with Crippen molar-refractivity contribution in [1.29, 1.82) is 0 Å². The molecule has 1 atom stereocenters. The van der Waals surface area contributed by atoms with Crippen molar-refractivity contribution in [2.24, 2.45) is 0 Å². The summed E-state index contributed by atoms with van der Waals surface area (Å²) < 4.78 is 10.7. The second kappa shape index (κ2) is 8.78. The first-order chi connectivity index (χ1) is 15.9. The topological polar surface area (TPSA) is 89.0 Å². The van der Waals surface area contributed by atoms with Gasteiger partial charge in [-0.3, -0.25) is 19.5 Å². The summed E-state index contributed by atoms with van der Waals surface area (Å²) in [5.74, 6) is -0.973. The number of hydrogen-bond donors (Lipinski definition) is 1. The number of Topliss-reactive ketones (excluding diaryl/α,β-unsaturated/α-hetero) is 1. The van der Waals surface area contributed by atoms with E-state index >= 15 is 0 Å². The molecule has 1 fully saturated rings. The van der Waals surface area contributed by atoms with Crippen LogP contribution in [0.4, 0.5) is 5.69 Å². The van der Waals surface area contributed by atoms with Crippen molar-refractivity contribution in [2.45, 2.75) is 19.9 Å². The first kappa shape index (κ1) is 22.1. The van der Waals surface area contributed by atoms with E-state index in [1.165, 1.54) is 19.1 Å². The van der Waals surface area contributed by atoms with Gasteiger partial charge in [-0.15, -0.1) is 0 Å². The van der Waals surface area contributed by atoms with E-state index in [2.05, 4.69) is 4.98 Å². The van der Waals surface area contributed by atoms with Crippen LogP contribution >= 0.6 is 0 Å². The second-order valence-electron chi connectivity index (χ2n) is 7.81. The molecular weight excluding hydrogens is 420 g/mol. The zero-order valence-corrected chi connectivity index (χ0v) is 18.8. The van der Waals surface area contributed by atoms with Crippen LogP contribution in [0, 0.1) is 13.8 Å². The van der Waals surface area contributed by atoms with Crippen LogP contribution in [0.3, 0.4) is 0 Å². The van der Waals surface area contributed by atoms with Gasteiger partial charge in [0.1, 0.15) is 17.3 Å². The van der Waals surface area contributed by atoms with Crippen LogP contribution in [0.25, 0.3) is 5.76 Å². The largest absolute Gasteiger partial charge is 0.507 e. The lowest BCUT2D eigenvalue weighted by Gasteiger charge is -2.27. The van der Waals surface area contributed by atoms with Crippen LogP contribution in [-0.4, -0.2) is 36.0 Å². The van der Waals surface area contributed by atoms with E-state index in [4.69, 9.17) is 9.47 Å². The van der Waals surface area contributed by atoms with Crippen LogP contribution in [0.5, 0.6) is 11.5 Å². The Balaban J connectivity index is 1.98. The van der Waals surface area contributed by atoms with E-state index in [9.17, 15) is 14.7 Å². The summed E-state index contributed by atoms with van der Waals surface area (Å²) in [4.78, 5) is 32.2. The molecule has 0 spiro atoms. The molecule has 1 amide bonds. The van der Waals surface area contributed by atoms with E-state index in [0.29, 0.717) is 22.7 Å². The minimum absolute atomic E-state index is 0.0302. The van der Waals surface area contributed by atoms with Gasteiger partial charge in [0.2, 0.25) is 0 Å². The number of hydrogen-bond acceptors (Lipinski definition) is 6. The molecular formula is C26H24N2O5. The van der Waals surface area contributed by atoms with Crippen LogP contribution in [-0.2, 0) is 9.59 Å². The molecule has 1 N–H and O–H groups in total. The molecule has 1 aromatic heterocycles. The summed E-state index contributed by atoms with van der Waals surface area (Å²) in [6.45, 7) is 3.79. The highest BCUT2D eigenvalue weighted by atomic mass is 16.5. The van der Waals surface area contributed by atoms with Gasteiger partial charge in [-0.25, -0.2) is 0 Å². The van der Waals surface area contributed by atoms with Gasteiger partial charge in [0, 0.05) is 24.1 Å². The number of nitrogens with zero attached hydrogens (tertiary/aromatic N) is 2. The Kier molecular flexibility index (Phi) is 5.87. The molecule has 1 aliphatic rings. The summed E-state index contributed by atoms with van der Waals surface area (Å²) in [5.41, 5.74) is 3.24. The van der Waals surface area contributed by atoms with Gasteiger partial charge < -0.3 is 14.6 Å². The first-order valence-electron chi connectivity index (χ1n) is 10.4. The van der Waals surface area contributed by atoms with Gasteiger partial charge in [-0.2, -0.15) is 0 Å². The number of carbonyl (C=O) groups excluding carboxylic acids is 2. The van der Waals surface area contributed by atoms with Crippen molar-refractivity contribution in [3.63, 3.8) is 0 Å². The summed E-state index contributed by atoms with van der Waals surface area (Å²) in [6, 6.07) is 13.2. The molecule has 7 nitrogen and oxygen atoms in total. The number of methoxy groups -OCH3 is 2. The number of amides is 1. The zero-order chi connectivity index (χ0) is 23.7. The molecule has 0 aliphatic carbocycles. The number of anilines is 1. The number of carbonyl (C=O) groups is 2. The highest BCUT2D eigenvalue weighted by Gasteiger charge is 2.47. The summed E-state index contributed by atoms with van der Waals surface area (Å²) in [7, 11) is 2.98. The molecule has 1 aliphatic heterocycles. The number of rotatable bonds is 5. The van der Waals surface area contributed by atoms with Crippen LogP contribution in [0.15, 0.2) is 66.5 Å². The Bertz CT molecular complexity index is 1270. The van der Waals surface area contributed by atoms with E-state index in [0.717, 1.165) is 11.1 Å². The second-order valence-corrected chi connectivity index (χ2v) is 7.81. The Morgan fingerprint density at radius 1 is 1.03 bits per heavy atom. The third-order valence-corrected chi connectivity index (χ3v) is 5.73. The van der Waals surface area contributed by atoms with E-state index in [1.807, 2.05) is 32.0 Å². The van der Waals surface area contributed by atoms with Gasteiger partial charge in [-0.1, -0.05) is 18.2 Å². The summed E-state index contributed by atoms with van der Waals surface area (Å²) in [5, 5.41) is 11.3. The standard InChI is InChI=1S/C26H24N2O5/c1-15-7-8-16(2)20(12-15)28-23(17-6-5-11-27-14-17)22(25(30)26(28)31)24(29)19-10-9-18(32-3)13-21(19)33-4/h5-14,23,29H,1-4H3/b24-22-. The van der Waals surface area contributed by atoms with Crippen molar-refractivity contribution in [3.05, 3.63) is 88.8 Å². The van der Waals surface area contributed by atoms with E-state index < -0.39 is 17.7 Å². The normalized spacial score (nSPS) is 17.3. The number of ketones is 1. The fourth-order valence-corrected chi connectivity index (χ4v) is 4.05. The number of aliphatic hydroxyl groups is 1. The minimum atomic E-state index is -0.856. The van der Waals surface area contributed by atoms with E-state index in [1.54, 1.807) is 42.7 Å². The lowest BCUT2D eigenvalue weighted by atomic mass is 9.95. The van der Waals surface area contributed by atoms with Gasteiger partial charge >= 0.3 is 0 Å². The third kappa shape index (κ3) is 3.82. The predicted molar refractivity (Wildman–Crippen MR) is 124 cm³/mol.